The van der Waals surface area contributed by atoms with Gasteiger partial charge < -0.3 is 24.7 Å². The van der Waals surface area contributed by atoms with E-state index in [-0.39, 0.29) is 17.0 Å². The molecule has 3 heterocycles. The molecule has 6 nitrogen and oxygen atoms in total. The minimum Gasteiger partial charge on any atom is -0.497 e. The molecule has 160 valence electrons. The first kappa shape index (κ1) is 18.8. The Kier molecular flexibility index (Phi) is 3.93. The van der Waals surface area contributed by atoms with E-state index in [4.69, 9.17) is 29.7 Å². The number of fused-ring (bicyclic) bond motifs is 4. The maximum Gasteiger partial charge on any atom is 0.283 e. The van der Waals surface area contributed by atoms with Gasteiger partial charge in [0.25, 0.3) is 6.02 Å². The molecule has 0 bridgehead atoms. The predicted molar refractivity (Wildman–Crippen MR) is 118 cm³/mol. The molecule has 1 aromatic rings. The lowest BCUT2D eigenvalue weighted by Crippen LogP contribution is -2.75. The van der Waals surface area contributed by atoms with Crippen LogP contribution in [-0.4, -0.2) is 38.6 Å². The van der Waals surface area contributed by atoms with E-state index in [1.54, 1.807) is 7.11 Å². The van der Waals surface area contributed by atoms with Crippen molar-refractivity contribution in [3.8, 4) is 5.75 Å². The van der Waals surface area contributed by atoms with E-state index in [0.717, 1.165) is 47.5 Å². The van der Waals surface area contributed by atoms with Crippen LogP contribution in [0.5, 0.6) is 5.75 Å². The van der Waals surface area contributed by atoms with Crippen LogP contribution in [0.25, 0.3) is 5.57 Å². The van der Waals surface area contributed by atoms with E-state index in [0.29, 0.717) is 19.8 Å². The highest BCUT2D eigenvalue weighted by atomic mass is 16.5. The summed E-state index contributed by atoms with van der Waals surface area (Å²) in [6, 6.07) is 6.61. The number of allylic oxidation sites excluding steroid dienone is 7. The molecule has 0 radical (unpaired) electrons. The van der Waals surface area contributed by atoms with Gasteiger partial charge >= 0.3 is 0 Å². The van der Waals surface area contributed by atoms with Crippen LogP contribution in [0.4, 0.5) is 0 Å². The lowest BCUT2D eigenvalue weighted by atomic mass is 9.49. The molecule has 5 aliphatic rings. The molecule has 2 N–H and O–H groups in total. The number of ether oxygens (including phenoxy) is 4. The summed E-state index contributed by atoms with van der Waals surface area (Å²) in [7, 11) is 1.68. The van der Waals surface area contributed by atoms with Gasteiger partial charge in [-0.25, -0.2) is 4.99 Å². The summed E-state index contributed by atoms with van der Waals surface area (Å²) in [6.07, 6.45) is 15.2. The largest absolute Gasteiger partial charge is 0.497 e. The first-order valence-electron chi connectivity index (χ1n) is 10.8. The molecule has 0 amide bonds. The van der Waals surface area contributed by atoms with Gasteiger partial charge in [-0.1, -0.05) is 30.4 Å². The third kappa shape index (κ3) is 2.39. The molecule has 1 atom stereocenters. The smallest absolute Gasteiger partial charge is 0.283 e. The van der Waals surface area contributed by atoms with Crippen molar-refractivity contribution < 1.29 is 18.9 Å². The Hall–Kier alpha value is -2.99. The van der Waals surface area contributed by atoms with Crippen molar-refractivity contribution in [1.82, 2.24) is 0 Å². The zero-order chi connectivity index (χ0) is 21.1. The number of nitrogens with two attached hydrogens (primary N) is 1. The molecular weight excluding hydrogens is 392 g/mol. The van der Waals surface area contributed by atoms with Crippen molar-refractivity contribution >= 4 is 11.6 Å². The van der Waals surface area contributed by atoms with Gasteiger partial charge in [-0.2, -0.15) is 0 Å². The second-order valence-corrected chi connectivity index (χ2v) is 8.95. The second-order valence-electron chi connectivity index (χ2n) is 8.95. The van der Waals surface area contributed by atoms with Gasteiger partial charge in [0.05, 0.1) is 25.7 Å². The van der Waals surface area contributed by atoms with Crippen molar-refractivity contribution in [3.63, 3.8) is 0 Å². The number of hydrogen-bond acceptors (Lipinski definition) is 6. The number of rotatable bonds is 2. The summed E-state index contributed by atoms with van der Waals surface area (Å²) in [5.41, 5.74) is 8.14. The monoisotopic (exact) mass is 418 g/mol. The van der Waals surface area contributed by atoms with Gasteiger partial charge in [-0.3, -0.25) is 0 Å². The van der Waals surface area contributed by atoms with Crippen molar-refractivity contribution in [2.24, 2.45) is 16.1 Å². The van der Waals surface area contributed by atoms with Crippen LogP contribution in [0.2, 0.25) is 0 Å². The highest BCUT2D eigenvalue weighted by Gasteiger charge is 2.75. The van der Waals surface area contributed by atoms with Gasteiger partial charge in [0.15, 0.2) is 0 Å². The molecular formula is C25H26N2O4. The standard InChI is InChI=1S/C25H26N2O4/c1-28-19-7-4-2-3-6-17(12-19)18-8-9-21-20(13-18)25(16-30-22(26)27-25)23(14-29-15-23)24(31-21)10-5-11-24/h2-4,6-9,12-13H,5,10-11,14-16H2,1H3,(H2,26,27)/b3-2+,4-2?,6-3?,7-4?,17-6+,17-12?,19-7?,19-12?. The molecule has 1 unspecified atom stereocenters. The van der Waals surface area contributed by atoms with E-state index >= 15 is 0 Å². The summed E-state index contributed by atoms with van der Waals surface area (Å²) >= 11 is 0. The average Bonchev–Trinajstić information content (AvgIpc) is 3.07. The first-order valence-corrected chi connectivity index (χ1v) is 10.8. The Morgan fingerprint density at radius 3 is 2.61 bits per heavy atom. The van der Waals surface area contributed by atoms with Crippen LogP contribution >= 0.6 is 0 Å². The molecule has 1 saturated heterocycles. The third-order valence-electron chi connectivity index (χ3n) is 7.61. The van der Waals surface area contributed by atoms with Gasteiger partial charge in [0.2, 0.25) is 0 Å². The zero-order valence-electron chi connectivity index (χ0n) is 17.6. The fourth-order valence-electron chi connectivity index (χ4n) is 5.70. The zero-order valence-corrected chi connectivity index (χ0v) is 17.6. The van der Waals surface area contributed by atoms with Gasteiger partial charge in [-0.15, -0.1) is 0 Å². The Labute approximate surface area is 181 Å². The maximum atomic E-state index is 6.73. The average molecular weight is 418 g/mol. The SMILES string of the molecule is COC1=C/C(c2ccc3c(c2)C2(COC(N)=N2)C2(COC2)C2(CCC2)O3)=C\C=C\C=C1. The summed E-state index contributed by atoms with van der Waals surface area (Å²) in [4.78, 5) is 4.95. The molecule has 1 saturated carbocycles. The number of nitrogens with zero attached hydrogens (tertiary/aromatic N) is 1. The molecule has 3 spiro atoms. The van der Waals surface area contributed by atoms with Gasteiger partial charge in [-0.05, 0) is 54.7 Å². The van der Waals surface area contributed by atoms with E-state index in [2.05, 4.69) is 24.3 Å². The Morgan fingerprint density at radius 2 is 1.97 bits per heavy atom. The molecule has 2 fully saturated rings. The number of aliphatic imine (C=N–C) groups is 1. The van der Waals surface area contributed by atoms with E-state index in [1.165, 1.54) is 0 Å². The number of hydrogen-bond donors (Lipinski definition) is 1. The maximum absolute atomic E-state index is 6.73. The van der Waals surface area contributed by atoms with E-state index in [1.807, 2.05) is 30.4 Å². The summed E-state index contributed by atoms with van der Waals surface area (Å²) in [6.45, 7) is 1.64. The molecule has 2 aliphatic carbocycles. The lowest BCUT2D eigenvalue weighted by Gasteiger charge is -2.66. The first-order chi connectivity index (χ1) is 15.1. The molecule has 31 heavy (non-hydrogen) atoms. The topological polar surface area (TPSA) is 75.3 Å². The minimum absolute atomic E-state index is 0.249. The van der Waals surface area contributed by atoms with Crippen LogP contribution < -0.4 is 10.5 Å². The van der Waals surface area contributed by atoms with Crippen molar-refractivity contribution in [1.29, 1.82) is 0 Å². The van der Waals surface area contributed by atoms with Crippen LogP contribution in [0.1, 0.15) is 30.4 Å². The molecule has 1 aromatic carbocycles. The third-order valence-corrected chi connectivity index (χ3v) is 7.61. The quantitative estimate of drug-likeness (QED) is 0.794. The molecule has 3 aliphatic heterocycles. The summed E-state index contributed by atoms with van der Waals surface area (Å²) < 4.78 is 23.8. The Morgan fingerprint density at radius 1 is 1.10 bits per heavy atom. The van der Waals surface area contributed by atoms with Crippen molar-refractivity contribution in [3.05, 3.63) is 71.5 Å². The lowest BCUT2D eigenvalue weighted by molar-refractivity contribution is -0.281. The van der Waals surface area contributed by atoms with Gasteiger partial charge in [0, 0.05) is 5.56 Å². The highest BCUT2D eigenvalue weighted by Crippen LogP contribution is 2.67. The van der Waals surface area contributed by atoms with E-state index < -0.39 is 5.54 Å². The Balaban J connectivity index is 1.53. The molecule has 6 heteroatoms. The molecule has 6 rings (SSSR count). The van der Waals surface area contributed by atoms with E-state index in [9.17, 15) is 0 Å². The predicted octanol–water partition coefficient (Wildman–Crippen LogP) is 3.60. The Bertz CT molecular complexity index is 1090. The minimum atomic E-state index is -0.592. The van der Waals surface area contributed by atoms with Crippen LogP contribution in [0, 0.1) is 5.41 Å². The van der Waals surface area contributed by atoms with Crippen LogP contribution in [0.15, 0.2) is 65.4 Å². The number of methoxy groups -OCH3 is 1. The summed E-state index contributed by atoms with van der Waals surface area (Å²) in [5, 5.41) is 0. The summed E-state index contributed by atoms with van der Waals surface area (Å²) in [5.74, 6) is 1.67. The normalized spacial score (nSPS) is 31.6. The number of amidine groups is 1. The second kappa shape index (κ2) is 6.50. The fraction of sp³-hybridized carbons (Fsp3) is 0.400. The molecule has 0 aromatic heterocycles. The van der Waals surface area contributed by atoms with Gasteiger partial charge in [0.1, 0.15) is 29.3 Å². The highest BCUT2D eigenvalue weighted by molar-refractivity contribution is 5.79. The fourth-order valence-corrected chi connectivity index (χ4v) is 5.70. The number of benzene rings is 1. The van der Waals surface area contributed by atoms with Crippen LogP contribution in [-0.2, 0) is 19.7 Å². The van der Waals surface area contributed by atoms with Crippen molar-refractivity contribution in [2.75, 3.05) is 26.9 Å². The van der Waals surface area contributed by atoms with Crippen LogP contribution in [0.3, 0.4) is 0 Å². The van der Waals surface area contributed by atoms with Crippen molar-refractivity contribution in [2.45, 2.75) is 30.4 Å².